The lowest BCUT2D eigenvalue weighted by molar-refractivity contribution is -0.136. The van der Waals surface area contributed by atoms with E-state index in [0.29, 0.717) is 24.3 Å². The summed E-state index contributed by atoms with van der Waals surface area (Å²) in [6.45, 7) is 6.21. The number of carbonyl (C=O) groups excluding carboxylic acids is 3. The molecule has 3 rings (SSSR count). The number of nitrogens with zero attached hydrogens (tertiary/aromatic N) is 2. The van der Waals surface area contributed by atoms with E-state index in [2.05, 4.69) is 31.4 Å². The smallest absolute Gasteiger partial charge is 0.325 e. The molecule has 0 bridgehead atoms. The highest BCUT2D eigenvalue weighted by Gasteiger charge is 2.53. The monoisotopic (exact) mass is 492 g/mol. The van der Waals surface area contributed by atoms with Crippen LogP contribution < -0.4 is 10.6 Å². The van der Waals surface area contributed by atoms with Gasteiger partial charge in [-0.3, -0.25) is 14.5 Å². The topological polar surface area (TPSA) is 116 Å². The van der Waals surface area contributed by atoms with Crippen molar-refractivity contribution in [3.63, 3.8) is 0 Å². The summed E-state index contributed by atoms with van der Waals surface area (Å²) in [7, 11) is -0.799. The average Bonchev–Trinajstić information content (AvgIpc) is 3.01. The number of urea groups is 1. The van der Waals surface area contributed by atoms with E-state index in [0.717, 1.165) is 28.5 Å². The first kappa shape index (κ1) is 26.2. The standard InChI is InChI=1S/C24H36N4O5S/c1-6-23(2,3)18-11-13-24(14-12-18)21(30)28(22(31)26-24)16-20(29)25-15-17-9-7-8-10-19(17)34(32,33)27(4)5/h7-10,18H,6,11-16H2,1-5H3,(H,25,29)(H,26,31). The van der Waals surface area contributed by atoms with Crippen molar-refractivity contribution in [1.82, 2.24) is 19.8 Å². The third-order valence-electron chi connectivity index (χ3n) is 7.61. The van der Waals surface area contributed by atoms with Gasteiger partial charge in [0.2, 0.25) is 15.9 Å². The van der Waals surface area contributed by atoms with Crippen LogP contribution in [-0.2, 0) is 26.2 Å². The van der Waals surface area contributed by atoms with Crippen molar-refractivity contribution in [3.8, 4) is 0 Å². The number of imide groups is 1. The molecule has 2 fully saturated rings. The van der Waals surface area contributed by atoms with Gasteiger partial charge in [-0.25, -0.2) is 17.5 Å². The molecule has 1 aromatic carbocycles. The predicted molar refractivity (Wildman–Crippen MR) is 128 cm³/mol. The van der Waals surface area contributed by atoms with Crippen molar-refractivity contribution in [2.24, 2.45) is 11.3 Å². The van der Waals surface area contributed by atoms with Gasteiger partial charge in [0.15, 0.2) is 0 Å². The van der Waals surface area contributed by atoms with Crippen molar-refractivity contribution >= 4 is 27.9 Å². The normalized spacial score (nSPS) is 23.5. The first-order chi connectivity index (χ1) is 15.8. The zero-order valence-electron chi connectivity index (χ0n) is 20.7. The largest absolute Gasteiger partial charge is 0.350 e. The fourth-order valence-corrected chi connectivity index (χ4v) is 5.95. The van der Waals surface area contributed by atoms with Crippen LogP contribution >= 0.6 is 0 Å². The molecule has 0 aromatic heterocycles. The molecular weight excluding hydrogens is 456 g/mol. The second kappa shape index (κ2) is 9.65. The number of sulfonamides is 1. The zero-order chi connectivity index (χ0) is 25.3. The van der Waals surface area contributed by atoms with Crippen LogP contribution in [0.2, 0.25) is 0 Å². The van der Waals surface area contributed by atoms with Gasteiger partial charge in [-0.1, -0.05) is 45.4 Å². The van der Waals surface area contributed by atoms with Gasteiger partial charge in [-0.15, -0.1) is 0 Å². The summed E-state index contributed by atoms with van der Waals surface area (Å²) in [6, 6.07) is 5.85. The molecule has 188 valence electrons. The third kappa shape index (κ3) is 4.98. The van der Waals surface area contributed by atoms with Gasteiger partial charge in [-0.2, -0.15) is 0 Å². The van der Waals surface area contributed by atoms with Gasteiger partial charge in [0.05, 0.1) is 4.90 Å². The number of rotatable bonds is 8. The zero-order valence-corrected chi connectivity index (χ0v) is 21.5. The minimum atomic E-state index is -3.68. The number of carbonyl (C=O) groups is 3. The van der Waals surface area contributed by atoms with E-state index in [1.54, 1.807) is 18.2 Å². The van der Waals surface area contributed by atoms with Gasteiger partial charge in [-0.05, 0) is 48.6 Å². The fraction of sp³-hybridized carbons (Fsp3) is 0.625. The second-order valence-electron chi connectivity index (χ2n) is 10.2. The molecule has 2 aliphatic rings. The molecule has 2 N–H and O–H groups in total. The van der Waals surface area contributed by atoms with Crippen molar-refractivity contribution in [1.29, 1.82) is 0 Å². The maximum Gasteiger partial charge on any atom is 0.325 e. The molecule has 1 aliphatic heterocycles. The van der Waals surface area contributed by atoms with Crippen molar-refractivity contribution in [2.75, 3.05) is 20.6 Å². The summed E-state index contributed by atoms with van der Waals surface area (Å²) in [5.41, 5.74) is -0.317. The Morgan fingerprint density at radius 2 is 1.82 bits per heavy atom. The summed E-state index contributed by atoms with van der Waals surface area (Å²) in [5.74, 6) is -0.391. The molecule has 1 aliphatic carbocycles. The molecule has 0 radical (unpaired) electrons. The Kier molecular flexibility index (Phi) is 7.43. The van der Waals surface area contributed by atoms with Crippen LogP contribution in [0.3, 0.4) is 0 Å². The van der Waals surface area contributed by atoms with Crippen LogP contribution in [0.4, 0.5) is 4.79 Å². The fourth-order valence-electron chi connectivity index (χ4n) is 4.83. The lowest BCUT2D eigenvalue weighted by Gasteiger charge is -2.42. The molecule has 34 heavy (non-hydrogen) atoms. The second-order valence-corrected chi connectivity index (χ2v) is 12.3. The maximum atomic E-state index is 13.2. The van der Waals surface area contributed by atoms with Crippen molar-refractivity contribution in [3.05, 3.63) is 29.8 Å². The van der Waals surface area contributed by atoms with Gasteiger partial charge in [0.1, 0.15) is 12.1 Å². The van der Waals surface area contributed by atoms with Crippen LogP contribution in [0.25, 0.3) is 0 Å². The van der Waals surface area contributed by atoms with E-state index in [9.17, 15) is 22.8 Å². The molecule has 10 heteroatoms. The van der Waals surface area contributed by atoms with E-state index in [-0.39, 0.29) is 22.8 Å². The van der Waals surface area contributed by atoms with Crippen molar-refractivity contribution in [2.45, 2.75) is 69.9 Å². The number of benzene rings is 1. The predicted octanol–water partition coefficient (Wildman–Crippen LogP) is 2.47. The summed E-state index contributed by atoms with van der Waals surface area (Å²) in [4.78, 5) is 39.4. The summed E-state index contributed by atoms with van der Waals surface area (Å²) >= 11 is 0. The molecule has 1 aromatic rings. The summed E-state index contributed by atoms with van der Waals surface area (Å²) in [5, 5.41) is 5.50. The Morgan fingerprint density at radius 1 is 1.21 bits per heavy atom. The van der Waals surface area contributed by atoms with E-state index < -0.39 is 34.0 Å². The van der Waals surface area contributed by atoms with Crippen LogP contribution in [0.15, 0.2) is 29.2 Å². The van der Waals surface area contributed by atoms with Gasteiger partial charge in [0.25, 0.3) is 5.91 Å². The average molecular weight is 493 g/mol. The Labute approximate surface area is 202 Å². The SMILES string of the molecule is CCC(C)(C)C1CCC2(CC1)NC(=O)N(CC(=O)NCc1ccccc1S(=O)(=O)N(C)C)C2=O. The highest BCUT2D eigenvalue weighted by atomic mass is 32.2. The molecule has 1 saturated carbocycles. The minimum Gasteiger partial charge on any atom is -0.350 e. The van der Waals surface area contributed by atoms with E-state index in [1.165, 1.54) is 20.2 Å². The quantitative estimate of drug-likeness (QED) is 0.541. The first-order valence-corrected chi connectivity index (χ1v) is 13.2. The number of amides is 4. The summed E-state index contributed by atoms with van der Waals surface area (Å²) < 4.78 is 26.2. The Balaban J connectivity index is 1.63. The lowest BCUT2D eigenvalue weighted by atomic mass is 9.65. The van der Waals surface area contributed by atoms with Crippen LogP contribution in [-0.4, -0.2) is 61.6 Å². The third-order valence-corrected chi connectivity index (χ3v) is 9.53. The first-order valence-electron chi connectivity index (χ1n) is 11.8. The minimum absolute atomic E-state index is 0.0371. The van der Waals surface area contributed by atoms with Crippen molar-refractivity contribution < 1.29 is 22.8 Å². The van der Waals surface area contributed by atoms with Gasteiger partial charge in [0, 0.05) is 20.6 Å². The van der Waals surface area contributed by atoms with E-state index in [4.69, 9.17) is 0 Å². The van der Waals surface area contributed by atoms with E-state index >= 15 is 0 Å². The number of hydrogen-bond acceptors (Lipinski definition) is 5. The molecular formula is C24H36N4O5S. The van der Waals surface area contributed by atoms with Crippen LogP contribution in [0.1, 0.15) is 58.4 Å². The maximum absolute atomic E-state index is 13.2. The Hall–Kier alpha value is -2.46. The molecule has 0 atom stereocenters. The van der Waals surface area contributed by atoms with Crippen LogP contribution in [0, 0.1) is 11.3 Å². The van der Waals surface area contributed by atoms with Crippen LogP contribution in [0.5, 0.6) is 0 Å². The molecule has 1 saturated heterocycles. The highest BCUT2D eigenvalue weighted by molar-refractivity contribution is 7.89. The number of nitrogens with one attached hydrogen (secondary N) is 2. The highest BCUT2D eigenvalue weighted by Crippen LogP contribution is 2.45. The molecule has 0 unspecified atom stereocenters. The molecule has 9 nitrogen and oxygen atoms in total. The summed E-state index contributed by atoms with van der Waals surface area (Å²) in [6.07, 6.45) is 3.89. The van der Waals surface area contributed by atoms with Gasteiger partial charge >= 0.3 is 6.03 Å². The molecule has 1 spiro atoms. The van der Waals surface area contributed by atoms with E-state index in [1.807, 2.05) is 0 Å². The molecule has 1 heterocycles. The number of hydrogen-bond donors (Lipinski definition) is 2. The lowest BCUT2D eigenvalue weighted by Crippen LogP contribution is -2.51. The Bertz CT molecular complexity index is 1060. The Morgan fingerprint density at radius 3 is 2.41 bits per heavy atom. The van der Waals surface area contributed by atoms with Gasteiger partial charge < -0.3 is 10.6 Å². The molecule has 4 amide bonds.